The van der Waals surface area contributed by atoms with Crippen LogP contribution in [0.1, 0.15) is 95.7 Å². The molecule has 2 aromatic heterocycles. The van der Waals surface area contributed by atoms with E-state index in [0.717, 1.165) is 55.5 Å². The van der Waals surface area contributed by atoms with Crippen LogP contribution in [0.5, 0.6) is 0 Å². The van der Waals surface area contributed by atoms with Crippen LogP contribution in [0.3, 0.4) is 0 Å². The minimum Gasteiger partial charge on any atom is -0.481 e. The minimum absolute atomic E-state index is 0.316. The number of nitrogens with zero attached hydrogens (tertiary/aromatic N) is 3. The Morgan fingerprint density at radius 3 is 2.17 bits per heavy atom. The summed E-state index contributed by atoms with van der Waals surface area (Å²) in [5.74, 6) is 0.223. The van der Waals surface area contributed by atoms with Gasteiger partial charge in [0.05, 0.1) is 12.5 Å². The molecule has 0 unspecified atom stereocenters. The lowest BCUT2D eigenvalue weighted by atomic mass is 10.1. The van der Waals surface area contributed by atoms with Crippen LogP contribution in [0.4, 0.5) is 0 Å². The van der Waals surface area contributed by atoms with Gasteiger partial charge in [-0.3, -0.25) is 4.79 Å². The summed E-state index contributed by atoms with van der Waals surface area (Å²) in [5.41, 5.74) is 1.66. The minimum atomic E-state index is -0.675. The average Bonchev–Trinajstić information content (AvgIpc) is 3.18. The first-order valence-corrected chi connectivity index (χ1v) is 11.3. The van der Waals surface area contributed by atoms with Gasteiger partial charge in [-0.05, 0) is 38.5 Å². The normalized spacial score (nSPS) is 11.6. The molecular weight excluding hydrogens is 364 g/mol. The molecule has 0 saturated carbocycles. The van der Waals surface area contributed by atoms with Gasteiger partial charge >= 0.3 is 5.97 Å². The zero-order valence-electron chi connectivity index (χ0n) is 17.6. The molecule has 2 rings (SSSR count). The zero-order chi connectivity index (χ0) is 20.6. The van der Waals surface area contributed by atoms with E-state index in [4.69, 9.17) is 5.11 Å². The topological polar surface area (TPSA) is 91.8 Å². The van der Waals surface area contributed by atoms with E-state index in [0.29, 0.717) is 6.42 Å². The highest BCUT2D eigenvalue weighted by Crippen LogP contribution is 2.12. The Bertz CT molecular complexity index is 726. The summed E-state index contributed by atoms with van der Waals surface area (Å²) >= 11 is 0. The van der Waals surface area contributed by atoms with Crippen LogP contribution in [-0.2, 0) is 11.2 Å². The number of carboxylic acids is 1. The quantitative estimate of drug-likeness (QED) is 0.251. The van der Waals surface area contributed by atoms with Gasteiger partial charge in [-0.15, -0.1) is 0 Å². The molecule has 29 heavy (non-hydrogen) atoms. The van der Waals surface area contributed by atoms with Crippen LogP contribution in [0.25, 0.3) is 11.2 Å². The van der Waals surface area contributed by atoms with Crippen LogP contribution < -0.4 is 0 Å². The third kappa shape index (κ3) is 10.8. The van der Waals surface area contributed by atoms with Crippen molar-refractivity contribution in [2.45, 2.75) is 96.3 Å². The molecule has 6 nitrogen and oxygen atoms in total. The number of H-pyrrole nitrogens is 1. The Hall–Kier alpha value is -2.24. The Balaban J connectivity index is 1.33. The summed E-state index contributed by atoms with van der Waals surface area (Å²) in [4.78, 5) is 26.5. The summed E-state index contributed by atoms with van der Waals surface area (Å²) in [6, 6.07) is 0. The van der Waals surface area contributed by atoms with Gasteiger partial charge in [-0.2, -0.15) is 0 Å². The van der Waals surface area contributed by atoms with Gasteiger partial charge in [-0.1, -0.05) is 57.1 Å². The molecule has 0 aliphatic heterocycles. The summed E-state index contributed by atoms with van der Waals surface area (Å²) in [5, 5.41) is 8.58. The van der Waals surface area contributed by atoms with Crippen LogP contribution in [0.15, 0.2) is 24.7 Å². The number of aliphatic carboxylic acids is 1. The number of nitrogens with one attached hydrogen (secondary N) is 1. The maximum Gasteiger partial charge on any atom is 0.303 e. The molecule has 2 aromatic rings. The highest BCUT2D eigenvalue weighted by Gasteiger charge is 2.01. The van der Waals surface area contributed by atoms with Gasteiger partial charge in [0.15, 0.2) is 5.65 Å². The number of carboxylic acid groups (broad SMARTS) is 1. The molecule has 0 aliphatic rings. The molecule has 2 heterocycles. The van der Waals surface area contributed by atoms with Crippen LogP contribution >= 0.6 is 0 Å². The molecule has 2 N–H and O–H groups in total. The predicted molar refractivity (Wildman–Crippen MR) is 117 cm³/mol. The van der Waals surface area contributed by atoms with Crippen molar-refractivity contribution in [2.24, 2.45) is 0 Å². The molecule has 0 aliphatic carbocycles. The van der Waals surface area contributed by atoms with Gasteiger partial charge < -0.3 is 10.1 Å². The van der Waals surface area contributed by atoms with Crippen molar-refractivity contribution in [3.05, 3.63) is 30.5 Å². The number of aryl methyl sites for hydroxylation is 1. The monoisotopic (exact) mass is 400 g/mol. The molecule has 0 radical (unpaired) electrons. The fourth-order valence-electron chi connectivity index (χ4n) is 3.45. The van der Waals surface area contributed by atoms with E-state index in [1.165, 1.54) is 51.4 Å². The molecule has 0 bridgehead atoms. The third-order valence-corrected chi connectivity index (χ3v) is 5.17. The number of fused-ring (bicyclic) bond motifs is 1. The first-order valence-electron chi connectivity index (χ1n) is 11.3. The van der Waals surface area contributed by atoms with Crippen LogP contribution in [0.2, 0.25) is 0 Å². The van der Waals surface area contributed by atoms with E-state index in [2.05, 4.69) is 32.1 Å². The fraction of sp³-hybridized carbons (Fsp3) is 0.652. The molecule has 6 heteroatoms. The number of carbonyl (C=O) groups is 1. The Labute approximate surface area is 174 Å². The van der Waals surface area contributed by atoms with Gasteiger partial charge in [0.1, 0.15) is 11.3 Å². The lowest BCUT2D eigenvalue weighted by Gasteiger charge is -2.01. The fourth-order valence-corrected chi connectivity index (χ4v) is 3.45. The maximum absolute atomic E-state index is 10.4. The maximum atomic E-state index is 10.4. The standard InChI is InChI=1S/C23H36N4O2/c28-22(29)17-15-13-11-9-7-5-3-1-2-4-6-8-10-12-14-16-21-24-18-20-23(27-21)26-19-25-20/h1,3,18-19H,2,4-17H2,(H,28,29)(H,24,25,26,27)/b3-1-. The van der Waals surface area contributed by atoms with Crippen molar-refractivity contribution >= 4 is 17.1 Å². The molecule has 0 spiro atoms. The number of hydrogen-bond donors (Lipinski definition) is 2. The molecule has 0 fully saturated rings. The van der Waals surface area contributed by atoms with Crippen LogP contribution in [0, 0.1) is 0 Å². The van der Waals surface area contributed by atoms with Crippen LogP contribution in [-0.4, -0.2) is 31.0 Å². The second-order valence-corrected chi connectivity index (χ2v) is 7.76. The van der Waals surface area contributed by atoms with E-state index in [9.17, 15) is 4.79 Å². The Morgan fingerprint density at radius 1 is 0.862 bits per heavy atom. The van der Waals surface area contributed by atoms with E-state index >= 15 is 0 Å². The summed E-state index contributed by atoms with van der Waals surface area (Å²) in [6.07, 6.45) is 24.7. The lowest BCUT2D eigenvalue weighted by Crippen LogP contribution is -1.95. The molecule has 0 saturated heterocycles. The predicted octanol–water partition coefficient (Wildman–Crippen LogP) is 6.00. The third-order valence-electron chi connectivity index (χ3n) is 5.17. The molecule has 160 valence electrons. The van der Waals surface area contributed by atoms with Crippen molar-refractivity contribution in [3.63, 3.8) is 0 Å². The second kappa shape index (κ2) is 14.7. The van der Waals surface area contributed by atoms with E-state index in [1.807, 2.05) is 6.20 Å². The SMILES string of the molecule is O=C(O)CCCCCCC/C=C\CCCCCCCCc1ncc2[nH]cnc2n1. The number of hydrogen-bond acceptors (Lipinski definition) is 4. The number of rotatable bonds is 17. The first-order chi connectivity index (χ1) is 14.3. The summed E-state index contributed by atoms with van der Waals surface area (Å²) in [6.45, 7) is 0. The molecule has 0 atom stereocenters. The molecular formula is C23H36N4O2. The first kappa shape index (κ1) is 23.0. The average molecular weight is 401 g/mol. The smallest absolute Gasteiger partial charge is 0.303 e. The number of unbranched alkanes of at least 4 members (excludes halogenated alkanes) is 11. The number of aromatic amines is 1. The highest BCUT2D eigenvalue weighted by molar-refractivity contribution is 5.68. The van der Waals surface area contributed by atoms with Crippen molar-refractivity contribution in [1.82, 2.24) is 19.9 Å². The van der Waals surface area contributed by atoms with Gasteiger partial charge in [0, 0.05) is 12.8 Å². The molecule has 0 amide bonds. The Morgan fingerprint density at radius 2 is 1.48 bits per heavy atom. The Kier molecular flexibility index (Phi) is 11.7. The van der Waals surface area contributed by atoms with Gasteiger partial charge in [0.2, 0.25) is 0 Å². The summed E-state index contributed by atoms with van der Waals surface area (Å²) in [7, 11) is 0. The largest absolute Gasteiger partial charge is 0.481 e. The van der Waals surface area contributed by atoms with Crippen molar-refractivity contribution in [3.8, 4) is 0 Å². The lowest BCUT2D eigenvalue weighted by molar-refractivity contribution is -0.137. The highest BCUT2D eigenvalue weighted by atomic mass is 16.4. The number of imidazole rings is 1. The van der Waals surface area contributed by atoms with Gasteiger partial charge in [-0.25, -0.2) is 15.0 Å². The summed E-state index contributed by atoms with van der Waals surface area (Å²) < 4.78 is 0. The van der Waals surface area contributed by atoms with E-state index < -0.39 is 5.97 Å². The van der Waals surface area contributed by atoms with Crippen molar-refractivity contribution in [1.29, 1.82) is 0 Å². The number of allylic oxidation sites excluding steroid dienone is 2. The molecule has 0 aromatic carbocycles. The zero-order valence-corrected chi connectivity index (χ0v) is 17.6. The number of aromatic nitrogens is 4. The second-order valence-electron chi connectivity index (χ2n) is 7.76. The van der Waals surface area contributed by atoms with E-state index in [-0.39, 0.29) is 0 Å². The van der Waals surface area contributed by atoms with Crippen molar-refractivity contribution in [2.75, 3.05) is 0 Å². The van der Waals surface area contributed by atoms with Gasteiger partial charge in [0.25, 0.3) is 0 Å². The van der Waals surface area contributed by atoms with E-state index in [1.54, 1.807) is 6.33 Å². The van der Waals surface area contributed by atoms with Crippen molar-refractivity contribution < 1.29 is 9.90 Å².